The van der Waals surface area contributed by atoms with Crippen molar-refractivity contribution >= 4 is 34.7 Å². The number of hydrogen-bond donors (Lipinski definition) is 1. The molecule has 0 bridgehead atoms. The molecule has 0 aliphatic carbocycles. The van der Waals surface area contributed by atoms with Crippen LogP contribution in [0.2, 0.25) is 0 Å². The third-order valence-electron chi connectivity index (χ3n) is 3.63. The Labute approximate surface area is 160 Å². The molecule has 134 valence electrons. The molecule has 0 aliphatic heterocycles. The first-order valence-corrected chi connectivity index (χ1v) is 9.76. The highest BCUT2D eigenvalue weighted by Crippen LogP contribution is 2.31. The van der Waals surface area contributed by atoms with Gasteiger partial charge in [0.2, 0.25) is 0 Å². The molecule has 0 saturated carbocycles. The van der Waals surface area contributed by atoms with Crippen molar-refractivity contribution in [1.82, 2.24) is 4.98 Å². The zero-order chi connectivity index (χ0) is 18.4. The van der Waals surface area contributed by atoms with Crippen LogP contribution in [0.4, 0.5) is 5.69 Å². The Bertz CT molecular complexity index is 882. The molecule has 5 nitrogen and oxygen atoms in total. The van der Waals surface area contributed by atoms with E-state index >= 15 is 0 Å². The van der Waals surface area contributed by atoms with Gasteiger partial charge in [0.25, 0.3) is 5.91 Å². The Morgan fingerprint density at radius 2 is 1.96 bits per heavy atom. The van der Waals surface area contributed by atoms with Gasteiger partial charge in [-0.1, -0.05) is 12.1 Å². The highest BCUT2D eigenvalue weighted by molar-refractivity contribution is 7.98. The Hall–Kier alpha value is -2.51. The maximum Gasteiger partial charge on any atom is 0.256 e. The number of carbonyl (C=O) groups is 1. The smallest absolute Gasteiger partial charge is 0.256 e. The predicted octanol–water partition coefficient (Wildman–Crippen LogP) is 4.70. The van der Waals surface area contributed by atoms with Crippen molar-refractivity contribution in [2.24, 2.45) is 0 Å². The molecule has 0 aliphatic rings. The summed E-state index contributed by atoms with van der Waals surface area (Å²) in [5, 5.41) is 4.93. The van der Waals surface area contributed by atoms with E-state index in [0.717, 1.165) is 16.3 Å². The molecule has 0 saturated heterocycles. The maximum absolute atomic E-state index is 12.7. The van der Waals surface area contributed by atoms with E-state index in [1.807, 2.05) is 35.2 Å². The van der Waals surface area contributed by atoms with Gasteiger partial charge in [0.1, 0.15) is 0 Å². The number of hydrogen-bond acceptors (Lipinski definition) is 6. The van der Waals surface area contributed by atoms with Crippen LogP contribution in [0.3, 0.4) is 0 Å². The van der Waals surface area contributed by atoms with Crippen LogP contribution in [0.25, 0.3) is 0 Å². The lowest BCUT2D eigenvalue weighted by atomic mass is 10.2. The highest BCUT2D eigenvalue weighted by Gasteiger charge is 2.13. The minimum atomic E-state index is -0.168. The molecule has 0 fully saturated rings. The molecule has 3 aromatic rings. The summed E-state index contributed by atoms with van der Waals surface area (Å²) in [7, 11) is 3.14. The Morgan fingerprint density at radius 1 is 1.15 bits per heavy atom. The van der Waals surface area contributed by atoms with Crippen LogP contribution in [0, 0.1) is 0 Å². The van der Waals surface area contributed by atoms with Crippen molar-refractivity contribution < 1.29 is 14.3 Å². The summed E-state index contributed by atoms with van der Waals surface area (Å²) in [4.78, 5) is 17.9. The number of anilines is 1. The molecule has 0 spiro atoms. The van der Waals surface area contributed by atoms with Crippen LogP contribution < -0.4 is 14.8 Å². The average molecular weight is 386 g/mol. The van der Waals surface area contributed by atoms with Gasteiger partial charge in [-0.15, -0.1) is 23.1 Å². The van der Waals surface area contributed by atoms with Gasteiger partial charge >= 0.3 is 0 Å². The second kappa shape index (κ2) is 8.73. The van der Waals surface area contributed by atoms with Gasteiger partial charge in [0, 0.05) is 27.8 Å². The summed E-state index contributed by atoms with van der Waals surface area (Å²) in [5.74, 6) is 1.74. The molecule has 0 atom stereocenters. The molecular weight excluding hydrogens is 368 g/mol. The van der Waals surface area contributed by atoms with E-state index in [4.69, 9.17) is 9.47 Å². The first-order valence-electron chi connectivity index (χ1n) is 7.83. The van der Waals surface area contributed by atoms with Gasteiger partial charge in [-0.25, -0.2) is 4.98 Å². The molecule has 1 aromatic heterocycles. The molecule has 3 rings (SSSR count). The fourth-order valence-corrected chi connectivity index (χ4v) is 3.97. The number of nitrogens with one attached hydrogen (secondary N) is 1. The van der Waals surface area contributed by atoms with Crippen molar-refractivity contribution in [2.45, 2.75) is 10.6 Å². The summed E-state index contributed by atoms with van der Waals surface area (Å²) in [6.07, 6.45) is 0. The fourth-order valence-electron chi connectivity index (χ4n) is 2.35. The van der Waals surface area contributed by atoms with E-state index in [1.165, 1.54) is 0 Å². The molecule has 26 heavy (non-hydrogen) atoms. The van der Waals surface area contributed by atoms with Gasteiger partial charge in [-0.05, 0) is 24.3 Å². The quantitative estimate of drug-likeness (QED) is 0.596. The lowest BCUT2D eigenvalue weighted by Crippen LogP contribution is -2.13. The van der Waals surface area contributed by atoms with Gasteiger partial charge in [-0.3, -0.25) is 4.79 Å². The number of thiazole rings is 1. The number of nitrogens with zero attached hydrogens (tertiary/aromatic N) is 1. The number of carbonyl (C=O) groups excluding carboxylic acids is 1. The predicted molar refractivity (Wildman–Crippen MR) is 106 cm³/mol. The largest absolute Gasteiger partial charge is 0.493 e. The van der Waals surface area contributed by atoms with E-state index in [1.54, 1.807) is 55.5 Å². The van der Waals surface area contributed by atoms with Crippen LogP contribution in [0.1, 0.15) is 16.1 Å². The SMILES string of the molecule is COc1ccc(NC(=O)c2ccccc2SCc2cscn2)cc1OC. The number of amides is 1. The van der Waals surface area contributed by atoms with Gasteiger partial charge in [0.15, 0.2) is 11.5 Å². The molecule has 1 amide bonds. The van der Waals surface area contributed by atoms with Gasteiger partial charge < -0.3 is 14.8 Å². The number of aromatic nitrogens is 1. The molecular formula is C19H18N2O3S2. The number of thioether (sulfide) groups is 1. The number of methoxy groups -OCH3 is 2. The summed E-state index contributed by atoms with van der Waals surface area (Å²) in [6, 6.07) is 12.8. The van der Waals surface area contributed by atoms with E-state index in [-0.39, 0.29) is 5.91 Å². The third-order valence-corrected chi connectivity index (χ3v) is 5.37. The Balaban J connectivity index is 1.75. The summed E-state index contributed by atoms with van der Waals surface area (Å²) in [6.45, 7) is 0. The van der Waals surface area contributed by atoms with Crippen LogP contribution in [-0.4, -0.2) is 25.1 Å². The molecule has 2 aromatic carbocycles. The molecule has 1 heterocycles. The first kappa shape index (κ1) is 18.3. The summed E-state index contributed by atoms with van der Waals surface area (Å²) in [5.41, 5.74) is 4.09. The lowest BCUT2D eigenvalue weighted by Gasteiger charge is -2.12. The van der Waals surface area contributed by atoms with Gasteiger partial charge in [0.05, 0.1) is 31.0 Å². The zero-order valence-electron chi connectivity index (χ0n) is 14.4. The highest BCUT2D eigenvalue weighted by atomic mass is 32.2. The number of rotatable bonds is 7. The van der Waals surface area contributed by atoms with Gasteiger partial charge in [-0.2, -0.15) is 0 Å². The average Bonchev–Trinajstić information content (AvgIpc) is 3.20. The fraction of sp³-hybridized carbons (Fsp3) is 0.158. The first-order chi connectivity index (χ1) is 12.7. The van der Waals surface area contributed by atoms with Crippen molar-refractivity contribution in [3.63, 3.8) is 0 Å². The minimum Gasteiger partial charge on any atom is -0.493 e. The van der Waals surface area contributed by atoms with Crippen molar-refractivity contribution in [1.29, 1.82) is 0 Å². The van der Waals surface area contributed by atoms with Crippen LogP contribution >= 0.6 is 23.1 Å². The molecule has 1 N–H and O–H groups in total. The maximum atomic E-state index is 12.7. The normalized spacial score (nSPS) is 10.4. The third kappa shape index (κ3) is 4.36. The van der Waals surface area contributed by atoms with Crippen LogP contribution in [-0.2, 0) is 5.75 Å². The Kier molecular flexibility index (Phi) is 6.14. The van der Waals surface area contributed by atoms with Crippen molar-refractivity contribution in [3.8, 4) is 11.5 Å². The van der Waals surface area contributed by atoms with Crippen molar-refractivity contribution in [2.75, 3.05) is 19.5 Å². The molecule has 7 heteroatoms. The second-order valence-electron chi connectivity index (χ2n) is 5.29. The Morgan fingerprint density at radius 3 is 2.69 bits per heavy atom. The lowest BCUT2D eigenvalue weighted by molar-refractivity contribution is 0.102. The van der Waals surface area contributed by atoms with E-state index < -0.39 is 0 Å². The zero-order valence-corrected chi connectivity index (χ0v) is 16.0. The number of ether oxygens (including phenoxy) is 2. The van der Waals surface area contributed by atoms with Crippen LogP contribution in [0.5, 0.6) is 11.5 Å². The van der Waals surface area contributed by atoms with E-state index in [0.29, 0.717) is 22.7 Å². The topological polar surface area (TPSA) is 60.5 Å². The molecule has 0 unspecified atom stereocenters. The standard InChI is InChI=1S/C19H18N2O3S2/c1-23-16-8-7-13(9-17(16)24-2)21-19(22)15-5-3-4-6-18(15)26-11-14-10-25-12-20-14/h3-10,12H,11H2,1-2H3,(H,21,22). The minimum absolute atomic E-state index is 0.168. The van der Waals surface area contributed by atoms with E-state index in [9.17, 15) is 4.79 Å². The van der Waals surface area contributed by atoms with Crippen LogP contribution in [0.15, 0.2) is 58.3 Å². The van der Waals surface area contributed by atoms with Crippen molar-refractivity contribution in [3.05, 3.63) is 64.6 Å². The monoisotopic (exact) mass is 386 g/mol. The van der Waals surface area contributed by atoms with E-state index in [2.05, 4.69) is 10.3 Å². The molecule has 0 radical (unpaired) electrons. The number of benzene rings is 2. The second-order valence-corrected chi connectivity index (χ2v) is 7.02. The summed E-state index contributed by atoms with van der Waals surface area (Å²) >= 11 is 3.16. The summed E-state index contributed by atoms with van der Waals surface area (Å²) < 4.78 is 10.5.